The monoisotopic (exact) mass is 295 g/mol. The van der Waals surface area contributed by atoms with Crippen molar-refractivity contribution in [3.8, 4) is 0 Å². The van der Waals surface area contributed by atoms with Crippen LogP contribution in [0.5, 0.6) is 0 Å². The lowest BCUT2D eigenvalue weighted by Gasteiger charge is -2.47. The van der Waals surface area contributed by atoms with Gasteiger partial charge in [-0.25, -0.2) is 0 Å². The predicted molar refractivity (Wildman–Crippen MR) is 87.6 cm³/mol. The fourth-order valence-electron chi connectivity index (χ4n) is 4.50. The number of quaternary nitrogens is 1. The molecule has 5 atom stereocenters. The third-order valence-corrected chi connectivity index (χ3v) is 5.71. The van der Waals surface area contributed by atoms with Gasteiger partial charge in [-0.1, -0.05) is 24.3 Å². The maximum atomic E-state index is 11.0. The van der Waals surface area contributed by atoms with Gasteiger partial charge < -0.3 is 10.0 Å². The van der Waals surface area contributed by atoms with Crippen molar-refractivity contribution in [2.75, 3.05) is 13.1 Å². The first-order chi connectivity index (χ1) is 10.8. The summed E-state index contributed by atoms with van der Waals surface area (Å²) in [6.07, 6.45) is 5.90. The summed E-state index contributed by atoms with van der Waals surface area (Å²) >= 11 is 0. The summed E-state index contributed by atoms with van der Waals surface area (Å²) in [5.74, 6) is 1.32. The van der Waals surface area contributed by atoms with Gasteiger partial charge in [0.25, 0.3) is 0 Å². The van der Waals surface area contributed by atoms with E-state index in [1.54, 1.807) is 4.90 Å². The minimum Gasteiger partial charge on any atom is -0.382 e. The second-order valence-electron chi connectivity index (χ2n) is 6.77. The summed E-state index contributed by atoms with van der Waals surface area (Å²) in [4.78, 5) is 5.95. The fraction of sp³-hybridized carbons (Fsp3) is 0.421. The normalized spacial score (nSPS) is 32.0. The van der Waals surface area contributed by atoms with Crippen molar-refractivity contribution in [1.29, 1.82) is 0 Å². The van der Waals surface area contributed by atoms with Crippen molar-refractivity contribution in [3.63, 3.8) is 0 Å². The minimum atomic E-state index is -0.406. The maximum Gasteiger partial charge on any atom is 0.131 e. The number of rotatable bonds is 3. The van der Waals surface area contributed by atoms with Gasteiger partial charge in [-0.15, -0.1) is 6.58 Å². The van der Waals surface area contributed by atoms with E-state index in [-0.39, 0.29) is 0 Å². The number of hydrogen-bond donors (Lipinski definition) is 2. The molecule has 2 bridgehead atoms. The first kappa shape index (κ1) is 13.9. The first-order valence-corrected chi connectivity index (χ1v) is 8.27. The van der Waals surface area contributed by atoms with Gasteiger partial charge in [-0.3, -0.25) is 4.98 Å². The molecule has 0 saturated carbocycles. The molecule has 3 aliphatic rings. The minimum absolute atomic E-state index is 0.306. The molecule has 0 radical (unpaired) electrons. The van der Waals surface area contributed by atoms with Crippen molar-refractivity contribution in [2.24, 2.45) is 11.8 Å². The highest BCUT2D eigenvalue weighted by molar-refractivity contribution is 5.82. The molecule has 2 N–H and O–H groups in total. The number of benzene rings is 1. The SMILES string of the molecule is C=C[C@@H]1C[NH+]2CC[C@@H]1C[C@@H]2[C@H](O)c1ccnc2ccccc12. The van der Waals surface area contributed by atoms with Gasteiger partial charge in [0.1, 0.15) is 12.1 Å². The molecule has 3 heteroatoms. The Kier molecular flexibility index (Phi) is 3.47. The number of nitrogens with one attached hydrogen (secondary N) is 1. The Morgan fingerprint density at radius 2 is 2.18 bits per heavy atom. The fourth-order valence-corrected chi connectivity index (χ4v) is 4.50. The molecule has 3 nitrogen and oxygen atoms in total. The van der Waals surface area contributed by atoms with Crippen LogP contribution in [0.3, 0.4) is 0 Å². The van der Waals surface area contributed by atoms with Crippen LogP contribution in [0.1, 0.15) is 24.5 Å². The molecule has 1 unspecified atom stereocenters. The van der Waals surface area contributed by atoms with E-state index in [0.717, 1.165) is 29.4 Å². The van der Waals surface area contributed by atoms with Crippen LogP contribution in [-0.4, -0.2) is 29.2 Å². The summed E-state index contributed by atoms with van der Waals surface area (Å²) < 4.78 is 0. The van der Waals surface area contributed by atoms with Crippen LogP contribution in [0, 0.1) is 11.8 Å². The largest absolute Gasteiger partial charge is 0.382 e. The number of piperidine rings is 3. The van der Waals surface area contributed by atoms with E-state index < -0.39 is 6.10 Å². The molecule has 3 aliphatic heterocycles. The quantitative estimate of drug-likeness (QED) is 0.847. The van der Waals surface area contributed by atoms with Crippen molar-refractivity contribution >= 4 is 10.9 Å². The zero-order valence-electron chi connectivity index (χ0n) is 12.8. The highest BCUT2D eigenvalue weighted by Gasteiger charge is 2.45. The van der Waals surface area contributed by atoms with E-state index >= 15 is 0 Å². The molecule has 5 rings (SSSR count). The Morgan fingerprint density at radius 3 is 2.95 bits per heavy atom. The number of aromatic nitrogens is 1. The van der Waals surface area contributed by atoms with E-state index in [1.165, 1.54) is 13.0 Å². The number of pyridine rings is 1. The van der Waals surface area contributed by atoms with Crippen LogP contribution in [0.25, 0.3) is 10.9 Å². The molecule has 1 aromatic carbocycles. The van der Waals surface area contributed by atoms with Crippen LogP contribution in [-0.2, 0) is 0 Å². The van der Waals surface area contributed by atoms with Crippen molar-refractivity contribution in [3.05, 3.63) is 54.7 Å². The summed E-state index contributed by atoms with van der Waals surface area (Å²) in [6.45, 7) is 6.29. The third-order valence-electron chi connectivity index (χ3n) is 5.71. The molecular weight excluding hydrogens is 272 g/mol. The summed E-state index contributed by atoms with van der Waals surface area (Å²) in [5, 5.41) is 12.1. The Labute approximate surface area is 131 Å². The topological polar surface area (TPSA) is 37.6 Å². The highest BCUT2D eigenvalue weighted by Crippen LogP contribution is 2.33. The van der Waals surface area contributed by atoms with E-state index in [9.17, 15) is 5.11 Å². The average molecular weight is 295 g/mol. The van der Waals surface area contributed by atoms with Crippen LogP contribution in [0.2, 0.25) is 0 Å². The van der Waals surface area contributed by atoms with Crippen LogP contribution in [0.4, 0.5) is 0 Å². The summed E-state index contributed by atoms with van der Waals surface area (Å²) in [6, 6.07) is 10.4. The molecule has 114 valence electrons. The summed E-state index contributed by atoms with van der Waals surface area (Å²) in [7, 11) is 0. The second kappa shape index (κ2) is 5.49. The van der Waals surface area contributed by atoms with Gasteiger partial charge in [-0.05, 0) is 23.6 Å². The van der Waals surface area contributed by atoms with Crippen LogP contribution < -0.4 is 4.90 Å². The summed E-state index contributed by atoms with van der Waals surface area (Å²) in [5.41, 5.74) is 2.00. The van der Waals surface area contributed by atoms with E-state index in [0.29, 0.717) is 17.9 Å². The number of para-hydroxylation sites is 1. The van der Waals surface area contributed by atoms with Crippen LogP contribution >= 0.6 is 0 Å². The highest BCUT2D eigenvalue weighted by atomic mass is 16.3. The molecule has 3 saturated heterocycles. The zero-order chi connectivity index (χ0) is 15.1. The predicted octanol–water partition coefficient (Wildman–Crippen LogP) is 1.75. The second-order valence-corrected chi connectivity index (χ2v) is 6.77. The van der Waals surface area contributed by atoms with Crippen molar-refractivity contribution in [1.82, 2.24) is 4.98 Å². The lowest BCUT2D eigenvalue weighted by Crippen LogP contribution is -3.20. The molecule has 3 fully saturated rings. The van der Waals surface area contributed by atoms with Gasteiger partial charge in [0.2, 0.25) is 0 Å². The number of aliphatic hydroxyl groups is 1. The molecule has 1 aromatic heterocycles. The zero-order valence-corrected chi connectivity index (χ0v) is 12.8. The van der Waals surface area contributed by atoms with Gasteiger partial charge in [-0.2, -0.15) is 0 Å². The Morgan fingerprint density at radius 1 is 1.32 bits per heavy atom. The molecule has 0 amide bonds. The van der Waals surface area contributed by atoms with E-state index in [1.807, 2.05) is 30.5 Å². The van der Waals surface area contributed by atoms with Crippen molar-refractivity contribution < 1.29 is 10.0 Å². The average Bonchev–Trinajstić information content (AvgIpc) is 2.60. The number of fused-ring (bicyclic) bond motifs is 4. The van der Waals surface area contributed by atoms with E-state index in [4.69, 9.17) is 0 Å². The molecular formula is C19H23N2O+. The first-order valence-electron chi connectivity index (χ1n) is 8.27. The molecule has 0 aliphatic carbocycles. The lowest BCUT2D eigenvalue weighted by molar-refractivity contribution is -0.949. The molecule has 0 spiro atoms. The third kappa shape index (κ3) is 2.16. The maximum absolute atomic E-state index is 11.0. The molecule has 4 heterocycles. The molecule has 22 heavy (non-hydrogen) atoms. The van der Waals surface area contributed by atoms with Gasteiger partial charge in [0.15, 0.2) is 0 Å². The van der Waals surface area contributed by atoms with Gasteiger partial charge >= 0.3 is 0 Å². The Balaban J connectivity index is 1.67. The van der Waals surface area contributed by atoms with Crippen LogP contribution in [0.15, 0.2) is 49.2 Å². The van der Waals surface area contributed by atoms with E-state index in [2.05, 4.69) is 23.7 Å². The van der Waals surface area contributed by atoms with Gasteiger partial charge in [0.05, 0.1) is 18.6 Å². The van der Waals surface area contributed by atoms with Gasteiger partial charge in [0, 0.05) is 30.3 Å². The number of hydrogen-bond acceptors (Lipinski definition) is 2. The Bertz CT molecular complexity index is 693. The Hall–Kier alpha value is -1.71. The number of aliphatic hydroxyl groups excluding tert-OH is 1. The molecule has 2 aromatic rings. The van der Waals surface area contributed by atoms with Crippen molar-refractivity contribution in [2.45, 2.75) is 25.0 Å². The lowest BCUT2D eigenvalue weighted by atomic mass is 9.73. The number of nitrogens with zero attached hydrogens (tertiary/aromatic N) is 1. The standard InChI is InChI=1S/C19H22N2O/c1-2-13-12-21-10-8-14(13)11-18(21)19(22)16-7-9-20-17-6-4-3-5-15(16)17/h2-7,9,13-14,18-19,22H,1,8,10-12H2/p+1/t13-,14-,18-,19-/m1/s1. The smallest absolute Gasteiger partial charge is 0.131 e.